The quantitative estimate of drug-likeness (QED) is 0.320. The molecule has 0 fully saturated rings. The predicted octanol–water partition coefficient (Wildman–Crippen LogP) is -5.04. The largest absolute Gasteiger partial charge is 0.550 e. The van der Waals surface area contributed by atoms with Crippen molar-refractivity contribution in [3.8, 4) is 0 Å². The van der Waals surface area contributed by atoms with Gasteiger partial charge in [-0.05, 0) is 12.8 Å². The maximum Gasteiger partial charge on any atom is 0.230 e. The minimum atomic E-state index is -1.34. The molecule has 0 saturated heterocycles. The molecule has 0 bridgehead atoms. The Labute approximate surface area is 75.3 Å². The lowest BCUT2D eigenvalue weighted by Gasteiger charge is -2.13. The summed E-state index contributed by atoms with van der Waals surface area (Å²) < 4.78 is 0. The van der Waals surface area contributed by atoms with Gasteiger partial charge >= 0.3 is 0 Å². The molecule has 1 atom stereocenters. The van der Waals surface area contributed by atoms with Gasteiger partial charge in [-0.2, -0.15) is 0 Å². The first kappa shape index (κ1) is 11.4. The number of carbonyl (C=O) groups excluding carboxylic acids is 2. The zero-order valence-electron chi connectivity index (χ0n) is 7.20. The second-order valence-corrected chi connectivity index (χ2v) is 2.38. The predicted molar refractivity (Wildman–Crippen MR) is 39.1 cm³/mol. The number of aliphatic carboxylic acids is 2. The second-order valence-electron chi connectivity index (χ2n) is 2.38. The molecular formula is C7H11N2O4-. The van der Waals surface area contributed by atoms with E-state index in [1.165, 1.54) is 6.34 Å². The summed E-state index contributed by atoms with van der Waals surface area (Å²) in [5.41, 5.74) is 0. The van der Waals surface area contributed by atoms with Crippen LogP contribution in [0.1, 0.15) is 12.8 Å². The monoisotopic (exact) mass is 187 g/mol. The number of rotatable bonds is 6. The molecule has 0 radical (unpaired) electrons. The summed E-state index contributed by atoms with van der Waals surface area (Å²) in [7, 11) is 1.58. The van der Waals surface area contributed by atoms with Crippen LogP contribution >= 0.6 is 0 Å². The van der Waals surface area contributed by atoms with Gasteiger partial charge in [-0.25, -0.2) is 0 Å². The lowest BCUT2D eigenvalue weighted by atomic mass is 10.1. The van der Waals surface area contributed by atoms with E-state index >= 15 is 0 Å². The molecule has 0 aromatic rings. The van der Waals surface area contributed by atoms with Crippen LogP contribution in [0, 0.1) is 0 Å². The first-order valence-corrected chi connectivity index (χ1v) is 3.73. The van der Waals surface area contributed by atoms with E-state index in [1.807, 2.05) is 0 Å². The lowest BCUT2D eigenvalue weighted by Crippen LogP contribution is -2.67. The maximum atomic E-state index is 10.4. The van der Waals surface area contributed by atoms with Crippen molar-refractivity contribution in [2.75, 3.05) is 7.05 Å². The average molecular weight is 187 g/mol. The van der Waals surface area contributed by atoms with E-state index in [1.54, 1.807) is 7.05 Å². The van der Waals surface area contributed by atoms with E-state index < -0.39 is 18.0 Å². The third-order valence-electron chi connectivity index (χ3n) is 1.35. The minimum Gasteiger partial charge on any atom is -0.550 e. The maximum absolute atomic E-state index is 10.4. The highest BCUT2D eigenvalue weighted by atomic mass is 16.4. The van der Waals surface area contributed by atoms with Crippen LogP contribution < -0.4 is 20.5 Å². The smallest absolute Gasteiger partial charge is 0.230 e. The van der Waals surface area contributed by atoms with Crippen LogP contribution in [0.3, 0.4) is 0 Å². The van der Waals surface area contributed by atoms with Crippen LogP contribution in [0.25, 0.3) is 0 Å². The third-order valence-corrected chi connectivity index (χ3v) is 1.35. The molecule has 6 nitrogen and oxygen atoms in total. The van der Waals surface area contributed by atoms with Crippen molar-refractivity contribution in [3.63, 3.8) is 0 Å². The van der Waals surface area contributed by atoms with Gasteiger partial charge in [0.2, 0.25) is 6.34 Å². The zero-order chi connectivity index (χ0) is 10.3. The van der Waals surface area contributed by atoms with Crippen LogP contribution in [-0.2, 0) is 9.59 Å². The third kappa shape index (κ3) is 5.66. The molecule has 0 aliphatic rings. The van der Waals surface area contributed by atoms with Crippen molar-refractivity contribution >= 4 is 18.3 Å². The van der Waals surface area contributed by atoms with E-state index in [-0.39, 0.29) is 12.8 Å². The van der Waals surface area contributed by atoms with Crippen molar-refractivity contribution in [1.29, 1.82) is 0 Å². The molecule has 0 unspecified atom stereocenters. The molecule has 6 heteroatoms. The SMILES string of the molecule is C[NH+]=CN[C@@H](CCC(=O)[O-])C(=O)[O-]. The first-order valence-electron chi connectivity index (χ1n) is 3.73. The average Bonchev–Trinajstić information content (AvgIpc) is 2.03. The zero-order valence-corrected chi connectivity index (χ0v) is 7.20. The molecule has 0 heterocycles. The molecule has 2 N–H and O–H groups in total. The van der Waals surface area contributed by atoms with Gasteiger partial charge in [0.15, 0.2) is 0 Å². The van der Waals surface area contributed by atoms with E-state index in [2.05, 4.69) is 10.3 Å². The van der Waals surface area contributed by atoms with Crippen molar-refractivity contribution < 1.29 is 24.8 Å². The van der Waals surface area contributed by atoms with E-state index in [0.29, 0.717) is 0 Å². The molecule has 13 heavy (non-hydrogen) atoms. The van der Waals surface area contributed by atoms with Gasteiger partial charge in [-0.1, -0.05) is 0 Å². The summed E-state index contributed by atoms with van der Waals surface area (Å²) in [6.45, 7) is 0. The fraction of sp³-hybridized carbons (Fsp3) is 0.571. The Morgan fingerprint density at radius 3 is 2.54 bits per heavy atom. The Morgan fingerprint density at radius 1 is 1.54 bits per heavy atom. The van der Waals surface area contributed by atoms with Crippen LogP contribution in [-0.4, -0.2) is 31.4 Å². The molecule has 74 valence electrons. The van der Waals surface area contributed by atoms with Crippen molar-refractivity contribution in [2.45, 2.75) is 18.9 Å². The topological polar surface area (TPSA) is 106 Å². The van der Waals surface area contributed by atoms with Gasteiger partial charge in [0.25, 0.3) is 0 Å². The first-order chi connectivity index (χ1) is 6.07. The molecule has 0 amide bonds. The van der Waals surface area contributed by atoms with Crippen LogP contribution in [0.2, 0.25) is 0 Å². The number of carbonyl (C=O) groups is 2. The van der Waals surface area contributed by atoms with E-state index in [0.717, 1.165) is 0 Å². The highest BCUT2D eigenvalue weighted by Crippen LogP contribution is 1.93. The van der Waals surface area contributed by atoms with Gasteiger partial charge in [0.1, 0.15) is 6.04 Å². The highest BCUT2D eigenvalue weighted by molar-refractivity contribution is 5.75. The fourth-order valence-electron chi connectivity index (χ4n) is 0.715. The summed E-state index contributed by atoms with van der Waals surface area (Å²) in [4.78, 5) is 23.0. The number of hydrogen-bond donors (Lipinski definition) is 2. The Hall–Kier alpha value is -1.59. The summed E-state index contributed by atoms with van der Waals surface area (Å²) in [5.74, 6) is -2.62. The fourth-order valence-corrected chi connectivity index (χ4v) is 0.715. The standard InChI is InChI=1S/C7H12N2O4/c1-8-4-9-5(7(12)13)2-3-6(10)11/h4-5H,2-3H2,1H3,(H,8,9)(H,10,11)(H,12,13)/p-1/t5-/m0/s1. The Kier molecular flexibility index (Phi) is 5.25. The normalized spacial score (nSPS) is 12.7. The molecule has 0 saturated carbocycles. The van der Waals surface area contributed by atoms with Crippen molar-refractivity contribution in [2.24, 2.45) is 0 Å². The summed E-state index contributed by atoms with van der Waals surface area (Å²) in [6.07, 6.45) is 0.918. The van der Waals surface area contributed by atoms with Crippen molar-refractivity contribution in [1.82, 2.24) is 5.32 Å². The molecule has 0 aliphatic heterocycles. The van der Waals surface area contributed by atoms with Crippen LogP contribution in [0.5, 0.6) is 0 Å². The molecule has 0 aromatic heterocycles. The molecule has 0 spiro atoms. The summed E-state index contributed by atoms with van der Waals surface area (Å²) in [5, 5.41) is 22.8. The molecule has 0 aliphatic carbocycles. The van der Waals surface area contributed by atoms with Crippen LogP contribution in [0.15, 0.2) is 0 Å². The van der Waals surface area contributed by atoms with Gasteiger partial charge < -0.3 is 19.8 Å². The Bertz CT molecular complexity index is 215. The second kappa shape index (κ2) is 5.99. The van der Waals surface area contributed by atoms with Gasteiger partial charge in [0.05, 0.1) is 13.0 Å². The minimum absolute atomic E-state index is 0.0666. The van der Waals surface area contributed by atoms with Gasteiger partial charge in [-0.15, -0.1) is 0 Å². The van der Waals surface area contributed by atoms with Crippen molar-refractivity contribution in [3.05, 3.63) is 0 Å². The molecule has 0 rings (SSSR count). The number of nitrogens with one attached hydrogen (secondary N) is 2. The van der Waals surface area contributed by atoms with Gasteiger partial charge in [-0.3, -0.25) is 10.3 Å². The Morgan fingerprint density at radius 2 is 2.15 bits per heavy atom. The lowest BCUT2D eigenvalue weighted by molar-refractivity contribution is -0.416. The summed E-state index contributed by atoms with van der Waals surface area (Å²) in [6, 6.07) is -1.01. The number of hydrogen-bond acceptors (Lipinski definition) is 4. The van der Waals surface area contributed by atoms with E-state index in [9.17, 15) is 19.8 Å². The summed E-state index contributed by atoms with van der Waals surface area (Å²) >= 11 is 0. The Balaban J connectivity index is 3.94. The van der Waals surface area contributed by atoms with Gasteiger partial charge in [0, 0.05) is 5.97 Å². The van der Waals surface area contributed by atoms with E-state index in [4.69, 9.17) is 0 Å². The highest BCUT2D eigenvalue weighted by Gasteiger charge is 2.11. The number of carboxylic acid groups (broad SMARTS) is 2. The molecular weight excluding hydrogens is 176 g/mol. The number of carboxylic acids is 2. The van der Waals surface area contributed by atoms with Crippen LogP contribution in [0.4, 0.5) is 0 Å². The molecule has 0 aromatic carbocycles.